The average molecular weight is 498 g/mol. The smallest absolute Gasteiger partial charge is 0.416 e. The molecule has 0 spiro atoms. The van der Waals surface area contributed by atoms with Gasteiger partial charge in [0.2, 0.25) is 15.8 Å². The Morgan fingerprint density at radius 2 is 1.62 bits per heavy atom. The van der Waals surface area contributed by atoms with E-state index in [0.717, 1.165) is 39.2 Å². The molecule has 184 valence electrons. The number of esters is 1. The van der Waals surface area contributed by atoms with E-state index >= 15 is 0 Å². The number of Topliss-reactive ketones (excluding diaryl/α,β-unsaturated/α-hetero) is 1. The Bertz CT molecular complexity index is 1200. The summed E-state index contributed by atoms with van der Waals surface area (Å²) < 4.78 is 70.7. The van der Waals surface area contributed by atoms with Crippen LogP contribution >= 0.6 is 0 Å². The molecule has 0 unspecified atom stereocenters. The van der Waals surface area contributed by atoms with Crippen LogP contribution in [0.15, 0.2) is 41.3 Å². The maximum Gasteiger partial charge on any atom is 0.416 e. The van der Waals surface area contributed by atoms with Gasteiger partial charge in [-0.2, -0.15) is 17.5 Å². The highest BCUT2D eigenvalue weighted by Crippen LogP contribution is 2.32. The van der Waals surface area contributed by atoms with Crippen molar-refractivity contribution < 1.29 is 35.9 Å². The van der Waals surface area contributed by atoms with E-state index in [1.54, 1.807) is 6.07 Å². The van der Waals surface area contributed by atoms with E-state index in [-0.39, 0.29) is 31.7 Å². The summed E-state index contributed by atoms with van der Waals surface area (Å²) in [6, 6.07) is 7.24. The quantitative estimate of drug-likeness (QED) is 0.435. The molecule has 2 aromatic rings. The van der Waals surface area contributed by atoms with Gasteiger partial charge < -0.3 is 4.74 Å². The number of piperidine rings is 1. The number of halogens is 3. The largest absolute Gasteiger partial charge is 0.457 e. The molecule has 1 fully saturated rings. The zero-order chi connectivity index (χ0) is 25.3. The second kappa shape index (κ2) is 9.87. The second-order valence-electron chi connectivity index (χ2n) is 8.49. The van der Waals surface area contributed by atoms with Crippen molar-refractivity contribution in [1.29, 1.82) is 0 Å². The van der Waals surface area contributed by atoms with Gasteiger partial charge in [-0.3, -0.25) is 9.59 Å². The number of rotatable bonds is 6. The summed E-state index contributed by atoms with van der Waals surface area (Å²) in [4.78, 5) is 24.5. The van der Waals surface area contributed by atoms with Gasteiger partial charge in [-0.05, 0) is 74.6 Å². The summed E-state index contributed by atoms with van der Waals surface area (Å²) in [6.07, 6.45) is -4.36. The van der Waals surface area contributed by atoms with Gasteiger partial charge in [0.1, 0.15) is 0 Å². The molecule has 0 radical (unpaired) electrons. The van der Waals surface area contributed by atoms with E-state index in [1.165, 1.54) is 0 Å². The zero-order valence-corrected chi connectivity index (χ0v) is 19.9. The lowest BCUT2D eigenvalue weighted by Crippen LogP contribution is -2.40. The van der Waals surface area contributed by atoms with Crippen LogP contribution in [0.4, 0.5) is 13.2 Å². The highest BCUT2D eigenvalue weighted by atomic mass is 32.2. The summed E-state index contributed by atoms with van der Waals surface area (Å²) >= 11 is 0. The van der Waals surface area contributed by atoms with Crippen molar-refractivity contribution in [3.05, 3.63) is 64.2 Å². The second-order valence-corrected chi connectivity index (χ2v) is 10.4. The van der Waals surface area contributed by atoms with Crippen LogP contribution in [0.1, 0.15) is 45.5 Å². The number of carbonyl (C=O) groups excluding carboxylic acids is 2. The van der Waals surface area contributed by atoms with Crippen molar-refractivity contribution in [2.45, 2.75) is 44.7 Å². The fourth-order valence-electron chi connectivity index (χ4n) is 3.91. The lowest BCUT2D eigenvalue weighted by Gasteiger charge is -2.30. The molecule has 0 aliphatic carbocycles. The first-order valence-electron chi connectivity index (χ1n) is 10.8. The molecular weight excluding hydrogens is 471 g/mol. The molecule has 1 saturated heterocycles. The minimum Gasteiger partial charge on any atom is -0.457 e. The lowest BCUT2D eigenvalue weighted by molar-refractivity contribution is -0.148. The molecular formula is C24H26F3NO5S. The fraction of sp³-hybridized carbons (Fsp3) is 0.417. The van der Waals surface area contributed by atoms with E-state index in [4.69, 9.17) is 4.74 Å². The van der Waals surface area contributed by atoms with Gasteiger partial charge in [0.05, 0.1) is 16.4 Å². The predicted octanol–water partition coefficient (Wildman–Crippen LogP) is 4.46. The van der Waals surface area contributed by atoms with Crippen molar-refractivity contribution in [1.82, 2.24) is 4.31 Å². The number of alkyl halides is 3. The molecule has 1 heterocycles. The fourth-order valence-corrected chi connectivity index (χ4v) is 5.42. The van der Waals surface area contributed by atoms with E-state index < -0.39 is 45.2 Å². The van der Waals surface area contributed by atoms with Crippen LogP contribution in [-0.4, -0.2) is 44.2 Å². The van der Waals surface area contributed by atoms with Gasteiger partial charge in [0.25, 0.3) is 0 Å². The van der Waals surface area contributed by atoms with Crippen molar-refractivity contribution in [3.63, 3.8) is 0 Å². The zero-order valence-electron chi connectivity index (χ0n) is 19.1. The minimum absolute atomic E-state index is 0.0391. The number of ether oxygens (including phenoxy) is 1. The van der Waals surface area contributed by atoms with Crippen LogP contribution in [0.2, 0.25) is 0 Å². The summed E-state index contributed by atoms with van der Waals surface area (Å²) in [5.41, 5.74) is 2.23. The van der Waals surface area contributed by atoms with E-state index in [9.17, 15) is 31.2 Å². The normalized spacial score (nSPS) is 15.8. The Labute approximate surface area is 196 Å². The highest BCUT2D eigenvalue weighted by molar-refractivity contribution is 7.89. The summed E-state index contributed by atoms with van der Waals surface area (Å²) in [5.74, 6) is -1.51. The molecule has 3 rings (SSSR count). The topological polar surface area (TPSA) is 80.8 Å². The third kappa shape index (κ3) is 5.67. The summed E-state index contributed by atoms with van der Waals surface area (Å²) in [6.45, 7) is 5.15. The Hall–Kier alpha value is -2.72. The van der Waals surface area contributed by atoms with Gasteiger partial charge in [-0.25, -0.2) is 8.42 Å². The standard InChI is InChI=1S/C24H26F3NO5S/c1-15-11-17(3)21(12-16(15)2)22(29)14-33-23(30)18-7-9-28(10-8-18)34(31,32)20-6-4-5-19(13-20)24(25,26)27/h4-6,11-13,18H,7-10,14H2,1-3H3. The molecule has 0 bridgehead atoms. The van der Waals surface area contributed by atoms with Crippen molar-refractivity contribution >= 4 is 21.8 Å². The first-order chi connectivity index (χ1) is 15.8. The molecule has 10 heteroatoms. The van der Waals surface area contributed by atoms with Gasteiger partial charge in [-0.1, -0.05) is 12.1 Å². The Balaban J connectivity index is 1.59. The average Bonchev–Trinajstić information content (AvgIpc) is 2.79. The Kier molecular flexibility index (Phi) is 7.52. The molecule has 1 aliphatic heterocycles. The molecule has 2 aromatic carbocycles. The molecule has 1 aliphatic rings. The molecule has 0 N–H and O–H groups in total. The number of ketones is 1. The lowest BCUT2D eigenvalue weighted by atomic mass is 9.97. The summed E-state index contributed by atoms with van der Waals surface area (Å²) in [7, 11) is -4.14. The maximum absolute atomic E-state index is 13.0. The van der Waals surface area contributed by atoms with Gasteiger partial charge in [0.15, 0.2) is 6.61 Å². The highest BCUT2D eigenvalue weighted by Gasteiger charge is 2.35. The third-order valence-electron chi connectivity index (χ3n) is 6.07. The molecule has 6 nitrogen and oxygen atoms in total. The van der Waals surface area contributed by atoms with Gasteiger partial charge in [0, 0.05) is 18.7 Å². The molecule has 0 aromatic heterocycles. The SMILES string of the molecule is Cc1cc(C)c(C(=O)COC(=O)C2CCN(S(=O)(=O)c3cccc(C(F)(F)F)c3)CC2)cc1C. The van der Waals surface area contributed by atoms with Crippen LogP contribution in [0.25, 0.3) is 0 Å². The number of sulfonamides is 1. The Morgan fingerprint density at radius 1 is 1.00 bits per heavy atom. The van der Waals surface area contributed by atoms with Crippen LogP contribution < -0.4 is 0 Å². The van der Waals surface area contributed by atoms with Gasteiger partial charge in [-0.15, -0.1) is 0 Å². The predicted molar refractivity (Wildman–Crippen MR) is 119 cm³/mol. The number of aryl methyl sites for hydroxylation is 3. The van der Waals surface area contributed by atoms with E-state index in [1.807, 2.05) is 26.8 Å². The number of benzene rings is 2. The number of nitrogens with zero attached hydrogens (tertiary/aromatic N) is 1. The van der Waals surface area contributed by atoms with Crippen LogP contribution in [0.3, 0.4) is 0 Å². The van der Waals surface area contributed by atoms with Crippen LogP contribution in [0.5, 0.6) is 0 Å². The first kappa shape index (κ1) is 25.9. The van der Waals surface area contributed by atoms with Crippen molar-refractivity contribution in [3.8, 4) is 0 Å². The number of hydrogen-bond donors (Lipinski definition) is 0. The summed E-state index contributed by atoms with van der Waals surface area (Å²) in [5, 5.41) is 0. The molecule has 0 saturated carbocycles. The van der Waals surface area contributed by atoms with Crippen LogP contribution in [-0.2, 0) is 25.7 Å². The monoisotopic (exact) mass is 497 g/mol. The van der Waals surface area contributed by atoms with Crippen molar-refractivity contribution in [2.75, 3.05) is 19.7 Å². The third-order valence-corrected chi connectivity index (χ3v) is 7.97. The van der Waals surface area contributed by atoms with Crippen LogP contribution in [0, 0.1) is 26.7 Å². The molecule has 0 amide bonds. The van der Waals surface area contributed by atoms with E-state index in [2.05, 4.69) is 0 Å². The Morgan fingerprint density at radius 3 is 2.24 bits per heavy atom. The number of carbonyl (C=O) groups is 2. The maximum atomic E-state index is 13.0. The number of hydrogen-bond acceptors (Lipinski definition) is 5. The minimum atomic E-state index is -4.66. The van der Waals surface area contributed by atoms with Crippen molar-refractivity contribution in [2.24, 2.45) is 5.92 Å². The van der Waals surface area contributed by atoms with E-state index in [0.29, 0.717) is 11.6 Å². The molecule has 34 heavy (non-hydrogen) atoms. The molecule has 0 atom stereocenters. The van der Waals surface area contributed by atoms with Gasteiger partial charge >= 0.3 is 12.1 Å². The first-order valence-corrected chi connectivity index (χ1v) is 12.2.